The van der Waals surface area contributed by atoms with Crippen LogP contribution < -0.4 is 5.32 Å². The van der Waals surface area contributed by atoms with Gasteiger partial charge in [-0.2, -0.15) is 0 Å². The van der Waals surface area contributed by atoms with Crippen LogP contribution in [0, 0.1) is 11.7 Å². The van der Waals surface area contributed by atoms with E-state index in [1.54, 1.807) is 12.1 Å². The maximum atomic E-state index is 13.7. The van der Waals surface area contributed by atoms with E-state index in [4.69, 9.17) is 0 Å². The van der Waals surface area contributed by atoms with Crippen molar-refractivity contribution < 1.29 is 9.18 Å². The zero-order valence-electron chi connectivity index (χ0n) is 12.0. The van der Waals surface area contributed by atoms with Gasteiger partial charge in [0.05, 0.1) is 0 Å². The number of aryl methyl sites for hydroxylation is 1. The van der Waals surface area contributed by atoms with Gasteiger partial charge in [0, 0.05) is 11.6 Å². The number of anilines is 1. The Labute approximate surface area is 124 Å². The molecular weight excluding hydrogens is 265 g/mol. The van der Waals surface area contributed by atoms with Gasteiger partial charge in [0.15, 0.2) is 0 Å². The molecule has 3 heteroatoms. The van der Waals surface area contributed by atoms with E-state index in [1.807, 2.05) is 30.3 Å². The number of amides is 1. The van der Waals surface area contributed by atoms with Crippen LogP contribution in [-0.2, 0) is 11.2 Å². The first-order chi connectivity index (χ1) is 10.2. The number of carbonyl (C=O) groups is 1. The van der Waals surface area contributed by atoms with Crippen LogP contribution >= 0.6 is 0 Å². The minimum absolute atomic E-state index is 0.0100. The second-order valence-corrected chi connectivity index (χ2v) is 5.47. The summed E-state index contributed by atoms with van der Waals surface area (Å²) in [6, 6.07) is 14.5. The van der Waals surface area contributed by atoms with Gasteiger partial charge in [-0.05, 0) is 42.0 Å². The predicted octanol–water partition coefficient (Wildman–Crippen LogP) is 4.13. The maximum absolute atomic E-state index is 13.7. The minimum atomic E-state index is -0.216. The lowest BCUT2D eigenvalue weighted by atomic mass is 10.1. The average Bonchev–Trinajstić information content (AvgIpc) is 3.29. The SMILES string of the molecule is CCc1ccccc1NC(=O)C1CC1c1ccccc1F. The molecule has 2 unspecified atom stereocenters. The Morgan fingerprint density at radius 2 is 1.90 bits per heavy atom. The zero-order chi connectivity index (χ0) is 14.8. The van der Waals surface area contributed by atoms with E-state index in [0.717, 1.165) is 24.1 Å². The van der Waals surface area contributed by atoms with Crippen molar-refractivity contribution in [2.75, 3.05) is 5.32 Å². The van der Waals surface area contributed by atoms with Gasteiger partial charge in [-0.3, -0.25) is 4.79 Å². The quantitative estimate of drug-likeness (QED) is 0.898. The maximum Gasteiger partial charge on any atom is 0.228 e. The molecule has 2 aromatic carbocycles. The molecule has 0 heterocycles. The smallest absolute Gasteiger partial charge is 0.228 e. The summed E-state index contributed by atoms with van der Waals surface area (Å²) in [6.07, 6.45) is 1.60. The van der Waals surface area contributed by atoms with Gasteiger partial charge >= 0.3 is 0 Å². The monoisotopic (exact) mass is 283 g/mol. The summed E-state index contributed by atoms with van der Waals surface area (Å²) in [4.78, 5) is 12.3. The van der Waals surface area contributed by atoms with Crippen molar-refractivity contribution in [1.82, 2.24) is 0 Å². The Hall–Kier alpha value is -2.16. The standard InChI is InChI=1S/C18H18FNO/c1-2-12-7-3-6-10-17(12)20-18(21)15-11-14(15)13-8-4-5-9-16(13)19/h3-10,14-15H,2,11H2,1H3,(H,20,21). The van der Waals surface area contributed by atoms with Crippen molar-refractivity contribution in [2.45, 2.75) is 25.7 Å². The van der Waals surface area contributed by atoms with Gasteiger partial charge in [-0.1, -0.05) is 43.3 Å². The molecule has 2 atom stereocenters. The van der Waals surface area contributed by atoms with Crippen LogP contribution in [0.2, 0.25) is 0 Å². The molecule has 1 aliphatic carbocycles. The molecule has 0 bridgehead atoms. The molecular formula is C18H18FNO. The highest BCUT2D eigenvalue weighted by atomic mass is 19.1. The van der Waals surface area contributed by atoms with E-state index in [0.29, 0.717) is 5.56 Å². The number of carbonyl (C=O) groups excluding carboxylic acids is 1. The van der Waals surface area contributed by atoms with Crippen LogP contribution in [0.3, 0.4) is 0 Å². The average molecular weight is 283 g/mol. The van der Waals surface area contributed by atoms with Crippen LogP contribution in [0.15, 0.2) is 48.5 Å². The normalized spacial score (nSPS) is 20.1. The van der Waals surface area contributed by atoms with Crippen molar-refractivity contribution in [2.24, 2.45) is 5.92 Å². The van der Waals surface area contributed by atoms with Gasteiger partial charge in [0.25, 0.3) is 0 Å². The molecule has 1 saturated carbocycles. The predicted molar refractivity (Wildman–Crippen MR) is 81.7 cm³/mol. The highest BCUT2D eigenvalue weighted by Crippen LogP contribution is 2.48. The van der Waals surface area contributed by atoms with Crippen LogP contribution in [0.25, 0.3) is 0 Å². The number of hydrogen-bond acceptors (Lipinski definition) is 1. The largest absolute Gasteiger partial charge is 0.326 e. The molecule has 0 saturated heterocycles. The highest BCUT2D eigenvalue weighted by molar-refractivity contribution is 5.95. The number of halogens is 1. The second-order valence-electron chi connectivity index (χ2n) is 5.47. The zero-order valence-corrected chi connectivity index (χ0v) is 12.0. The van der Waals surface area contributed by atoms with Crippen molar-refractivity contribution in [1.29, 1.82) is 0 Å². The number of benzene rings is 2. The van der Waals surface area contributed by atoms with E-state index in [-0.39, 0.29) is 23.6 Å². The van der Waals surface area contributed by atoms with Gasteiger partial charge in [-0.25, -0.2) is 4.39 Å². The molecule has 108 valence electrons. The van der Waals surface area contributed by atoms with Crippen molar-refractivity contribution in [3.8, 4) is 0 Å². The molecule has 0 radical (unpaired) electrons. The fourth-order valence-electron chi connectivity index (χ4n) is 2.78. The number of para-hydroxylation sites is 1. The molecule has 1 N–H and O–H groups in total. The number of nitrogens with one attached hydrogen (secondary N) is 1. The summed E-state index contributed by atoms with van der Waals surface area (Å²) in [5.74, 6) is -0.331. The van der Waals surface area contributed by atoms with E-state index in [9.17, 15) is 9.18 Å². The molecule has 1 fully saturated rings. The van der Waals surface area contributed by atoms with Crippen LogP contribution in [0.5, 0.6) is 0 Å². The summed E-state index contributed by atoms with van der Waals surface area (Å²) in [6.45, 7) is 2.06. The Balaban J connectivity index is 1.70. The first kappa shape index (κ1) is 13.8. The first-order valence-corrected chi connectivity index (χ1v) is 7.34. The minimum Gasteiger partial charge on any atom is -0.326 e. The lowest BCUT2D eigenvalue weighted by Crippen LogP contribution is -2.15. The van der Waals surface area contributed by atoms with E-state index in [2.05, 4.69) is 12.2 Å². The summed E-state index contributed by atoms with van der Waals surface area (Å²) >= 11 is 0. The fraction of sp³-hybridized carbons (Fsp3) is 0.278. The Morgan fingerprint density at radius 3 is 2.67 bits per heavy atom. The lowest BCUT2D eigenvalue weighted by Gasteiger charge is -2.09. The third kappa shape index (κ3) is 2.82. The van der Waals surface area contributed by atoms with E-state index < -0.39 is 0 Å². The highest BCUT2D eigenvalue weighted by Gasteiger charge is 2.45. The number of hydrogen-bond donors (Lipinski definition) is 1. The Morgan fingerprint density at radius 1 is 1.19 bits per heavy atom. The fourth-order valence-corrected chi connectivity index (χ4v) is 2.78. The number of rotatable bonds is 4. The third-order valence-corrected chi connectivity index (χ3v) is 4.09. The molecule has 2 aromatic rings. The van der Waals surface area contributed by atoms with E-state index in [1.165, 1.54) is 6.07 Å². The summed E-state index contributed by atoms with van der Waals surface area (Å²) in [5.41, 5.74) is 2.64. The lowest BCUT2D eigenvalue weighted by molar-refractivity contribution is -0.117. The molecule has 3 rings (SSSR count). The molecule has 21 heavy (non-hydrogen) atoms. The molecule has 0 aromatic heterocycles. The van der Waals surface area contributed by atoms with Gasteiger partial charge in [-0.15, -0.1) is 0 Å². The first-order valence-electron chi connectivity index (χ1n) is 7.34. The second kappa shape index (κ2) is 5.68. The van der Waals surface area contributed by atoms with Crippen molar-refractivity contribution >= 4 is 11.6 Å². The summed E-state index contributed by atoms with van der Waals surface area (Å²) < 4.78 is 13.7. The Kier molecular flexibility index (Phi) is 3.74. The van der Waals surface area contributed by atoms with Gasteiger partial charge < -0.3 is 5.32 Å². The Bertz CT molecular complexity index is 668. The summed E-state index contributed by atoms with van der Waals surface area (Å²) in [5, 5.41) is 2.98. The van der Waals surface area contributed by atoms with Gasteiger partial charge in [0.2, 0.25) is 5.91 Å². The van der Waals surface area contributed by atoms with Crippen molar-refractivity contribution in [3.05, 3.63) is 65.5 Å². The van der Waals surface area contributed by atoms with E-state index >= 15 is 0 Å². The van der Waals surface area contributed by atoms with Crippen molar-refractivity contribution in [3.63, 3.8) is 0 Å². The summed E-state index contributed by atoms with van der Waals surface area (Å²) in [7, 11) is 0. The van der Waals surface area contributed by atoms with Crippen LogP contribution in [-0.4, -0.2) is 5.91 Å². The molecule has 2 nitrogen and oxygen atoms in total. The molecule has 1 aliphatic rings. The molecule has 1 amide bonds. The van der Waals surface area contributed by atoms with Crippen LogP contribution in [0.4, 0.5) is 10.1 Å². The molecule has 0 spiro atoms. The third-order valence-electron chi connectivity index (χ3n) is 4.09. The molecule has 0 aliphatic heterocycles. The topological polar surface area (TPSA) is 29.1 Å². The van der Waals surface area contributed by atoms with Gasteiger partial charge in [0.1, 0.15) is 5.82 Å². The van der Waals surface area contributed by atoms with Crippen LogP contribution in [0.1, 0.15) is 30.4 Å².